The molecule has 18 heavy (non-hydrogen) atoms. The third-order valence-electron chi connectivity index (χ3n) is 3.03. The molecule has 0 fully saturated rings. The molecule has 0 amide bonds. The number of fused-ring (bicyclic) bond motifs is 1. The van der Waals surface area contributed by atoms with E-state index in [1.165, 1.54) is 21.0 Å². The van der Waals surface area contributed by atoms with Crippen LogP contribution in [0.3, 0.4) is 0 Å². The van der Waals surface area contributed by atoms with Gasteiger partial charge in [-0.05, 0) is 57.9 Å². The number of aryl methyl sites for hydroxylation is 2. The van der Waals surface area contributed by atoms with Crippen LogP contribution in [0, 0.1) is 13.8 Å². The highest BCUT2D eigenvalue weighted by Crippen LogP contribution is 2.31. The molecule has 2 aromatic rings. The Hall–Kier alpha value is -0.800. The topological polar surface area (TPSA) is 25.2 Å². The van der Waals surface area contributed by atoms with E-state index in [4.69, 9.17) is 4.42 Å². The lowest BCUT2D eigenvalue weighted by Gasteiger charge is -2.19. The lowest BCUT2D eigenvalue weighted by molar-refractivity contribution is 0.395. The fraction of sp³-hybridized carbons (Fsp3) is 0.467. The summed E-state index contributed by atoms with van der Waals surface area (Å²) in [5.74, 6) is 0.987. The van der Waals surface area contributed by atoms with Gasteiger partial charge in [0.05, 0.1) is 6.54 Å². The van der Waals surface area contributed by atoms with Crippen LogP contribution >= 0.6 is 15.9 Å². The zero-order chi connectivity index (χ0) is 13.5. The summed E-state index contributed by atoms with van der Waals surface area (Å²) in [5.41, 5.74) is 3.53. The van der Waals surface area contributed by atoms with Crippen molar-refractivity contribution in [2.24, 2.45) is 0 Å². The second kappa shape index (κ2) is 4.71. The molecule has 0 radical (unpaired) electrons. The first-order chi connectivity index (χ1) is 8.28. The normalized spacial score (nSPS) is 12.3. The van der Waals surface area contributed by atoms with Crippen LogP contribution in [0.2, 0.25) is 0 Å². The standard InChI is InChI=1S/C15H20BrNO/c1-9-6-13-12(10(2)14(9)16)7-11(18-13)8-17-15(3,4)5/h6-7,17H,8H2,1-5H3. The molecule has 0 aliphatic rings. The fourth-order valence-corrected chi connectivity index (χ4v) is 2.30. The predicted octanol–water partition coefficient (Wildman–Crippen LogP) is 4.70. The Balaban J connectivity index is 2.36. The number of benzene rings is 1. The van der Waals surface area contributed by atoms with Gasteiger partial charge in [0, 0.05) is 15.4 Å². The fourth-order valence-electron chi connectivity index (χ4n) is 1.97. The van der Waals surface area contributed by atoms with Crippen molar-refractivity contribution in [1.82, 2.24) is 5.32 Å². The summed E-state index contributed by atoms with van der Waals surface area (Å²) in [5, 5.41) is 4.64. The van der Waals surface area contributed by atoms with Crippen molar-refractivity contribution in [2.75, 3.05) is 0 Å². The van der Waals surface area contributed by atoms with Gasteiger partial charge in [-0.25, -0.2) is 0 Å². The molecule has 1 aromatic carbocycles. The number of nitrogens with one attached hydrogen (secondary N) is 1. The van der Waals surface area contributed by atoms with E-state index in [-0.39, 0.29) is 5.54 Å². The smallest absolute Gasteiger partial charge is 0.134 e. The molecule has 0 saturated heterocycles. The van der Waals surface area contributed by atoms with Crippen LogP contribution in [0.25, 0.3) is 11.0 Å². The minimum Gasteiger partial charge on any atom is -0.460 e. The van der Waals surface area contributed by atoms with E-state index in [0.717, 1.165) is 17.9 Å². The number of halogens is 1. The van der Waals surface area contributed by atoms with Crippen LogP contribution in [0.4, 0.5) is 0 Å². The minimum absolute atomic E-state index is 0.102. The molecule has 1 aromatic heterocycles. The number of hydrogen-bond donors (Lipinski definition) is 1. The molecule has 0 spiro atoms. The van der Waals surface area contributed by atoms with E-state index in [2.05, 4.69) is 68.0 Å². The molecular formula is C15H20BrNO. The summed E-state index contributed by atoms with van der Waals surface area (Å²) >= 11 is 3.62. The molecule has 98 valence electrons. The zero-order valence-corrected chi connectivity index (χ0v) is 13.2. The van der Waals surface area contributed by atoms with Gasteiger partial charge in [-0.15, -0.1) is 0 Å². The third kappa shape index (κ3) is 2.78. The highest BCUT2D eigenvalue weighted by Gasteiger charge is 2.13. The van der Waals surface area contributed by atoms with Crippen LogP contribution in [-0.4, -0.2) is 5.54 Å². The van der Waals surface area contributed by atoms with Crippen LogP contribution in [-0.2, 0) is 6.54 Å². The Bertz CT molecular complexity index is 578. The molecule has 0 aliphatic heterocycles. The number of furan rings is 1. The monoisotopic (exact) mass is 309 g/mol. The molecule has 2 nitrogen and oxygen atoms in total. The number of hydrogen-bond acceptors (Lipinski definition) is 2. The molecule has 0 atom stereocenters. The van der Waals surface area contributed by atoms with E-state index in [9.17, 15) is 0 Å². The van der Waals surface area contributed by atoms with Crippen molar-refractivity contribution in [3.05, 3.63) is 33.5 Å². The Labute approximate surface area is 117 Å². The molecule has 1 heterocycles. The molecule has 0 aliphatic carbocycles. The van der Waals surface area contributed by atoms with Gasteiger partial charge < -0.3 is 9.73 Å². The van der Waals surface area contributed by atoms with Gasteiger partial charge in [0.1, 0.15) is 11.3 Å². The molecule has 3 heteroatoms. The Morgan fingerprint density at radius 2 is 1.89 bits per heavy atom. The van der Waals surface area contributed by atoms with Crippen molar-refractivity contribution in [3.8, 4) is 0 Å². The third-order valence-corrected chi connectivity index (χ3v) is 4.25. The van der Waals surface area contributed by atoms with Crippen molar-refractivity contribution < 1.29 is 4.42 Å². The Morgan fingerprint density at radius 1 is 1.22 bits per heavy atom. The van der Waals surface area contributed by atoms with E-state index in [1.54, 1.807) is 0 Å². The summed E-state index contributed by atoms with van der Waals surface area (Å²) < 4.78 is 7.07. The van der Waals surface area contributed by atoms with Gasteiger partial charge in [0.2, 0.25) is 0 Å². The summed E-state index contributed by atoms with van der Waals surface area (Å²) in [6.45, 7) is 11.4. The lowest BCUT2D eigenvalue weighted by Crippen LogP contribution is -2.34. The van der Waals surface area contributed by atoms with Gasteiger partial charge in [0.15, 0.2) is 0 Å². The maximum atomic E-state index is 5.90. The van der Waals surface area contributed by atoms with Crippen molar-refractivity contribution in [3.63, 3.8) is 0 Å². The molecule has 1 N–H and O–H groups in total. The SMILES string of the molecule is Cc1cc2oc(CNC(C)(C)C)cc2c(C)c1Br. The van der Waals surface area contributed by atoms with Gasteiger partial charge in [-0.1, -0.05) is 15.9 Å². The second-order valence-electron chi connectivity index (χ2n) is 5.86. The van der Waals surface area contributed by atoms with Gasteiger partial charge in [-0.2, -0.15) is 0 Å². The molecule has 2 rings (SSSR count). The Kier molecular flexibility index (Phi) is 3.56. The quantitative estimate of drug-likeness (QED) is 0.869. The average molecular weight is 310 g/mol. The van der Waals surface area contributed by atoms with Crippen molar-refractivity contribution in [1.29, 1.82) is 0 Å². The summed E-state index contributed by atoms with van der Waals surface area (Å²) in [6, 6.07) is 4.22. The second-order valence-corrected chi connectivity index (χ2v) is 6.65. The summed E-state index contributed by atoms with van der Waals surface area (Å²) in [7, 11) is 0. The summed E-state index contributed by atoms with van der Waals surface area (Å²) in [4.78, 5) is 0. The van der Waals surface area contributed by atoms with Gasteiger partial charge in [0.25, 0.3) is 0 Å². The highest BCUT2D eigenvalue weighted by atomic mass is 79.9. The first-order valence-electron chi connectivity index (χ1n) is 6.21. The van der Waals surface area contributed by atoms with Crippen LogP contribution < -0.4 is 5.32 Å². The maximum Gasteiger partial charge on any atom is 0.134 e. The molecule has 0 unspecified atom stereocenters. The maximum absolute atomic E-state index is 5.90. The van der Waals surface area contributed by atoms with Crippen molar-refractivity contribution in [2.45, 2.75) is 46.7 Å². The lowest BCUT2D eigenvalue weighted by atomic mass is 10.1. The van der Waals surface area contributed by atoms with Crippen LogP contribution in [0.15, 0.2) is 21.0 Å². The van der Waals surface area contributed by atoms with Crippen LogP contribution in [0.1, 0.15) is 37.7 Å². The molecule has 0 bridgehead atoms. The minimum atomic E-state index is 0.102. The van der Waals surface area contributed by atoms with E-state index in [0.29, 0.717) is 0 Å². The van der Waals surface area contributed by atoms with E-state index >= 15 is 0 Å². The first-order valence-corrected chi connectivity index (χ1v) is 7.00. The zero-order valence-electron chi connectivity index (χ0n) is 11.6. The van der Waals surface area contributed by atoms with E-state index in [1.807, 2.05) is 0 Å². The summed E-state index contributed by atoms with van der Waals surface area (Å²) in [6.07, 6.45) is 0. The molecule has 0 saturated carbocycles. The highest BCUT2D eigenvalue weighted by molar-refractivity contribution is 9.10. The van der Waals surface area contributed by atoms with Crippen LogP contribution in [0.5, 0.6) is 0 Å². The van der Waals surface area contributed by atoms with E-state index < -0.39 is 0 Å². The van der Waals surface area contributed by atoms with Crippen molar-refractivity contribution >= 4 is 26.9 Å². The Morgan fingerprint density at radius 3 is 2.50 bits per heavy atom. The average Bonchev–Trinajstić information content (AvgIpc) is 2.66. The first kappa shape index (κ1) is 13.6. The predicted molar refractivity (Wildman–Crippen MR) is 80.0 cm³/mol. The largest absolute Gasteiger partial charge is 0.460 e. The molecular weight excluding hydrogens is 290 g/mol. The van der Waals surface area contributed by atoms with Gasteiger partial charge in [-0.3, -0.25) is 0 Å². The van der Waals surface area contributed by atoms with Gasteiger partial charge >= 0.3 is 0 Å². The number of rotatable bonds is 2.